The van der Waals surface area contributed by atoms with E-state index in [1.54, 1.807) is 11.8 Å². The molecule has 2 rings (SSSR count). The first-order valence-corrected chi connectivity index (χ1v) is 8.96. The highest BCUT2D eigenvalue weighted by atomic mass is 79.9. The summed E-state index contributed by atoms with van der Waals surface area (Å²) in [5.41, 5.74) is 1.97. The van der Waals surface area contributed by atoms with E-state index in [1.165, 1.54) is 4.90 Å². The third-order valence-electron chi connectivity index (χ3n) is 3.33. The number of nitrogens with one attached hydrogen (secondary N) is 2. The number of hydrogen-bond donors (Lipinski definition) is 2. The van der Waals surface area contributed by atoms with Crippen molar-refractivity contribution in [1.29, 1.82) is 0 Å². The maximum Gasteiger partial charge on any atom is 0.246 e. The number of halogens is 1. The largest absolute Gasteiger partial charge is 0.324 e. The molecule has 0 radical (unpaired) electrons. The van der Waals surface area contributed by atoms with Gasteiger partial charge in [0.05, 0.1) is 0 Å². The minimum absolute atomic E-state index is 0.0424. The van der Waals surface area contributed by atoms with Gasteiger partial charge in [-0.2, -0.15) is 0 Å². The smallest absolute Gasteiger partial charge is 0.246 e. The summed E-state index contributed by atoms with van der Waals surface area (Å²) in [6.45, 7) is 3.97. The summed E-state index contributed by atoms with van der Waals surface area (Å²) in [5, 5.41) is 6.27. The zero-order valence-corrected chi connectivity index (χ0v) is 15.1. The molecule has 6 heteroatoms. The predicted octanol–water partition coefficient (Wildman–Crippen LogP) is 3.10. The van der Waals surface area contributed by atoms with E-state index in [1.807, 2.05) is 0 Å². The molecule has 0 bridgehead atoms. The van der Waals surface area contributed by atoms with Gasteiger partial charge in [0.2, 0.25) is 5.91 Å². The van der Waals surface area contributed by atoms with Crippen LogP contribution in [-0.2, 0) is 4.79 Å². The van der Waals surface area contributed by atoms with Gasteiger partial charge in [-0.1, -0.05) is 6.92 Å². The quantitative estimate of drug-likeness (QED) is 0.722. The Kier molecular flexibility index (Phi) is 6.10. The number of benzene rings is 1. The molecule has 1 heterocycles. The first-order valence-electron chi connectivity index (χ1n) is 7.18. The fourth-order valence-corrected chi connectivity index (χ4v) is 3.98. The third kappa shape index (κ3) is 4.22. The van der Waals surface area contributed by atoms with Crippen molar-refractivity contribution in [3.63, 3.8) is 0 Å². The fourth-order valence-electron chi connectivity index (χ4n) is 2.20. The van der Waals surface area contributed by atoms with E-state index in [9.17, 15) is 4.79 Å². The van der Waals surface area contributed by atoms with Crippen molar-refractivity contribution >= 4 is 39.3 Å². The number of nitrogens with zero attached hydrogens (tertiary/aromatic N) is 1. The van der Waals surface area contributed by atoms with Crippen LogP contribution in [0.4, 0.5) is 5.69 Å². The molecule has 0 saturated carbocycles. The molecule has 21 heavy (non-hydrogen) atoms. The molecular formula is C15H22BrN3OS. The molecule has 1 aliphatic rings. The molecule has 0 aromatic heterocycles. The van der Waals surface area contributed by atoms with Gasteiger partial charge in [0.1, 0.15) is 6.04 Å². The second-order valence-corrected chi connectivity index (χ2v) is 7.39. The van der Waals surface area contributed by atoms with Gasteiger partial charge in [0.15, 0.2) is 0 Å². The lowest BCUT2D eigenvalue weighted by Crippen LogP contribution is -2.28. The Labute approximate surface area is 139 Å². The van der Waals surface area contributed by atoms with Gasteiger partial charge in [0, 0.05) is 32.9 Å². The number of anilines is 1. The van der Waals surface area contributed by atoms with Crippen LogP contribution in [0.15, 0.2) is 21.5 Å². The minimum atomic E-state index is -0.225. The van der Waals surface area contributed by atoms with Crippen molar-refractivity contribution in [3.05, 3.63) is 22.2 Å². The maximum atomic E-state index is 12.1. The zero-order valence-electron chi connectivity index (χ0n) is 12.7. The Balaban J connectivity index is 2.12. The third-order valence-corrected chi connectivity index (χ3v) is 5.28. The predicted molar refractivity (Wildman–Crippen MR) is 93.1 cm³/mol. The number of rotatable bonds is 7. The van der Waals surface area contributed by atoms with Crippen LogP contribution in [0.1, 0.15) is 24.9 Å². The average Bonchev–Trinajstić information content (AvgIpc) is 2.71. The molecule has 4 nitrogen and oxygen atoms in total. The van der Waals surface area contributed by atoms with Crippen molar-refractivity contribution in [2.45, 2.75) is 24.3 Å². The molecule has 1 atom stereocenters. The van der Waals surface area contributed by atoms with Crippen LogP contribution >= 0.6 is 27.7 Å². The topological polar surface area (TPSA) is 44.4 Å². The molecule has 1 amide bonds. The van der Waals surface area contributed by atoms with Gasteiger partial charge in [-0.15, -0.1) is 11.8 Å². The van der Waals surface area contributed by atoms with E-state index < -0.39 is 0 Å². The number of carbonyl (C=O) groups is 1. The van der Waals surface area contributed by atoms with Crippen LogP contribution in [-0.4, -0.2) is 43.7 Å². The molecule has 0 aliphatic carbocycles. The van der Waals surface area contributed by atoms with Crippen molar-refractivity contribution in [3.8, 4) is 0 Å². The lowest BCUT2D eigenvalue weighted by Gasteiger charge is -2.13. The lowest BCUT2D eigenvalue weighted by molar-refractivity contribution is -0.117. The summed E-state index contributed by atoms with van der Waals surface area (Å²) >= 11 is 5.43. The van der Waals surface area contributed by atoms with Gasteiger partial charge >= 0.3 is 0 Å². The molecule has 0 fully saturated rings. The fraction of sp³-hybridized carbons (Fsp3) is 0.533. The number of thioether (sulfide) groups is 1. The zero-order chi connectivity index (χ0) is 15.4. The summed E-state index contributed by atoms with van der Waals surface area (Å²) in [7, 11) is 4.14. The average molecular weight is 372 g/mol. The summed E-state index contributed by atoms with van der Waals surface area (Å²) in [5.74, 6) is 1.07. The van der Waals surface area contributed by atoms with Crippen LogP contribution in [0, 0.1) is 0 Å². The van der Waals surface area contributed by atoms with Crippen molar-refractivity contribution in [1.82, 2.24) is 10.2 Å². The molecule has 1 unspecified atom stereocenters. The first-order chi connectivity index (χ1) is 10.0. The minimum Gasteiger partial charge on any atom is -0.324 e. The van der Waals surface area contributed by atoms with Gasteiger partial charge in [0.25, 0.3) is 0 Å². The van der Waals surface area contributed by atoms with Gasteiger partial charge in [-0.3, -0.25) is 4.79 Å². The summed E-state index contributed by atoms with van der Waals surface area (Å²) in [6, 6.07) is 3.92. The number of amides is 1. The monoisotopic (exact) mass is 371 g/mol. The van der Waals surface area contributed by atoms with Crippen LogP contribution in [0.25, 0.3) is 0 Å². The molecule has 1 aromatic carbocycles. The summed E-state index contributed by atoms with van der Waals surface area (Å²) < 4.78 is 1.06. The maximum absolute atomic E-state index is 12.1. The van der Waals surface area contributed by atoms with Crippen LogP contribution in [0.5, 0.6) is 0 Å². The Morgan fingerprint density at radius 2 is 2.19 bits per heavy atom. The molecule has 0 spiro atoms. The van der Waals surface area contributed by atoms with Crippen molar-refractivity contribution < 1.29 is 4.79 Å². The highest BCUT2D eigenvalue weighted by Gasteiger charge is 2.30. The first kappa shape index (κ1) is 16.8. The SMILES string of the molecule is CCCNC1C(=O)Nc2cc(SCCN(C)C)c(Br)cc21. The van der Waals surface area contributed by atoms with E-state index in [4.69, 9.17) is 0 Å². The van der Waals surface area contributed by atoms with E-state index in [0.29, 0.717) is 0 Å². The van der Waals surface area contributed by atoms with Crippen molar-refractivity contribution in [2.24, 2.45) is 0 Å². The number of hydrogen-bond acceptors (Lipinski definition) is 4. The molecular weight excluding hydrogens is 350 g/mol. The Morgan fingerprint density at radius 1 is 1.43 bits per heavy atom. The van der Waals surface area contributed by atoms with Crippen LogP contribution < -0.4 is 10.6 Å². The molecule has 116 valence electrons. The normalized spacial score (nSPS) is 17.2. The van der Waals surface area contributed by atoms with Crippen LogP contribution in [0.3, 0.4) is 0 Å². The standard InChI is InChI=1S/C15H22BrN3OS/c1-4-5-17-14-10-8-11(16)13(21-7-6-19(2)3)9-12(10)18-15(14)20/h8-9,14,17H,4-7H2,1-3H3,(H,18,20). The molecule has 1 aliphatic heterocycles. The Hall–Kier alpha value is -0.560. The van der Waals surface area contributed by atoms with Gasteiger partial charge in [-0.05, 0) is 55.1 Å². The molecule has 0 saturated heterocycles. The molecule has 2 N–H and O–H groups in total. The Morgan fingerprint density at radius 3 is 2.86 bits per heavy atom. The van der Waals surface area contributed by atoms with Crippen molar-refractivity contribution in [2.75, 3.05) is 38.3 Å². The second kappa shape index (κ2) is 7.63. The number of carbonyl (C=O) groups excluding carboxylic acids is 1. The highest BCUT2D eigenvalue weighted by Crippen LogP contribution is 2.38. The number of fused-ring (bicyclic) bond motifs is 1. The van der Waals surface area contributed by atoms with Gasteiger partial charge < -0.3 is 15.5 Å². The van der Waals surface area contributed by atoms with E-state index >= 15 is 0 Å². The van der Waals surface area contributed by atoms with Gasteiger partial charge in [-0.25, -0.2) is 0 Å². The second-order valence-electron chi connectivity index (χ2n) is 5.40. The van der Waals surface area contributed by atoms with E-state index in [2.05, 4.69) is 64.6 Å². The lowest BCUT2D eigenvalue weighted by atomic mass is 10.1. The van der Waals surface area contributed by atoms with E-state index in [-0.39, 0.29) is 11.9 Å². The Bertz CT molecular complexity index is 522. The molecule has 1 aromatic rings. The van der Waals surface area contributed by atoms with Crippen LogP contribution in [0.2, 0.25) is 0 Å². The highest BCUT2D eigenvalue weighted by molar-refractivity contribution is 9.10. The summed E-state index contributed by atoms with van der Waals surface area (Å²) in [4.78, 5) is 15.4. The summed E-state index contributed by atoms with van der Waals surface area (Å²) in [6.07, 6.45) is 1.01. The van der Waals surface area contributed by atoms with E-state index in [0.717, 1.165) is 41.0 Å².